The molecule has 3 aromatic rings. The normalized spacial score (nSPS) is 18.1. The highest BCUT2D eigenvalue weighted by atomic mass is 79.9. The van der Waals surface area contributed by atoms with Crippen LogP contribution in [0.25, 0.3) is 16.5 Å². The van der Waals surface area contributed by atoms with Crippen LogP contribution in [0, 0.1) is 0 Å². The van der Waals surface area contributed by atoms with Crippen LogP contribution in [-0.4, -0.2) is 22.3 Å². The number of fused-ring (bicyclic) bond motifs is 3. The third-order valence-electron chi connectivity index (χ3n) is 5.69. The van der Waals surface area contributed by atoms with Crippen molar-refractivity contribution in [2.24, 2.45) is 0 Å². The fourth-order valence-corrected chi connectivity index (χ4v) is 4.75. The standard InChI is InChI=1S/C22H17BrN2O4/c1-29-14-8-5-12(6-9-14)20-19-17(3-2-4-18(19)26)24-22(28)16-11-13(23)7-10-15(16)21(27)25(20)24/h5-11,20H,2-4H2,1H3. The molecule has 0 saturated heterocycles. The molecule has 1 aliphatic carbocycles. The summed E-state index contributed by atoms with van der Waals surface area (Å²) in [6, 6.07) is 11.7. The van der Waals surface area contributed by atoms with Gasteiger partial charge in [-0.05, 0) is 48.7 Å². The Morgan fingerprint density at radius 2 is 1.72 bits per heavy atom. The monoisotopic (exact) mass is 452 g/mol. The Balaban J connectivity index is 1.88. The Morgan fingerprint density at radius 3 is 2.45 bits per heavy atom. The van der Waals surface area contributed by atoms with Gasteiger partial charge in [0.15, 0.2) is 5.78 Å². The number of hydrogen-bond donors (Lipinski definition) is 0. The highest BCUT2D eigenvalue weighted by Crippen LogP contribution is 2.41. The number of Topliss-reactive ketones (excluding diaryl/α,β-unsaturated/α-hetero) is 1. The number of aromatic nitrogens is 2. The maximum absolute atomic E-state index is 13.5. The van der Waals surface area contributed by atoms with Crippen molar-refractivity contribution in [2.45, 2.75) is 25.3 Å². The van der Waals surface area contributed by atoms with Crippen LogP contribution in [0.4, 0.5) is 0 Å². The van der Waals surface area contributed by atoms with Crippen molar-refractivity contribution in [3.63, 3.8) is 0 Å². The van der Waals surface area contributed by atoms with Gasteiger partial charge >= 0.3 is 0 Å². The molecular formula is C22H17BrN2O4. The summed E-state index contributed by atoms with van der Waals surface area (Å²) in [5.74, 6) is 0.677. The molecule has 1 unspecified atom stereocenters. The molecule has 2 aliphatic rings. The summed E-state index contributed by atoms with van der Waals surface area (Å²) in [6.45, 7) is 0. The van der Waals surface area contributed by atoms with E-state index in [1.807, 2.05) is 12.1 Å². The van der Waals surface area contributed by atoms with Crippen LogP contribution in [0.3, 0.4) is 0 Å². The zero-order chi connectivity index (χ0) is 20.3. The molecule has 1 atom stereocenters. The molecule has 1 aliphatic heterocycles. The van der Waals surface area contributed by atoms with Crippen molar-refractivity contribution < 1.29 is 9.53 Å². The molecule has 6 nitrogen and oxygen atoms in total. The Morgan fingerprint density at radius 1 is 0.966 bits per heavy atom. The van der Waals surface area contributed by atoms with Gasteiger partial charge in [0, 0.05) is 16.5 Å². The molecule has 7 heteroatoms. The number of benzene rings is 2. The van der Waals surface area contributed by atoms with Crippen molar-refractivity contribution in [1.82, 2.24) is 9.36 Å². The highest BCUT2D eigenvalue weighted by Gasteiger charge is 2.39. The van der Waals surface area contributed by atoms with Crippen LogP contribution in [0.15, 0.2) is 62.1 Å². The third kappa shape index (κ3) is 2.57. The fourth-order valence-electron chi connectivity index (χ4n) is 4.38. The molecule has 0 saturated carbocycles. The van der Waals surface area contributed by atoms with Gasteiger partial charge in [-0.2, -0.15) is 0 Å². The molecule has 0 radical (unpaired) electrons. The van der Waals surface area contributed by atoms with Crippen molar-refractivity contribution in [1.29, 1.82) is 0 Å². The van der Waals surface area contributed by atoms with Crippen LogP contribution in [0.1, 0.15) is 30.9 Å². The maximum Gasteiger partial charge on any atom is 0.277 e. The van der Waals surface area contributed by atoms with Crippen LogP contribution in [0.5, 0.6) is 5.75 Å². The molecule has 0 fully saturated rings. The van der Waals surface area contributed by atoms with E-state index in [0.717, 1.165) is 10.0 Å². The maximum atomic E-state index is 13.5. The highest BCUT2D eigenvalue weighted by molar-refractivity contribution is 9.10. The minimum absolute atomic E-state index is 0.00713. The minimum atomic E-state index is -0.614. The van der Waals surface area contributed by atoms with Crippen LogP contribution in [-0.2, 0) is 4.79 Å². The van der Waals surface area contributed by atoms with Gasteiger partial charge in [-0.3, -0.25) is 14.4 Å². The summed E-state index contributed by atoms with van der Waals surface area (Å²) in [6.07, 6.45) is 1.69. The molecule has 0 spiro atoms. The first kappa shape index (κ1) is 18.1. The first-order valence-corrected chi connectivity index (χ1v) is 10.2. The molecule has 0 N–H and O–H groups in total. The van der Waals surface area contributed by atoms with E-state index in [0.29, 0.717) is 47.1 Å². The van der Waals surface area contributed by atoms with Gasteiger partial charge in [0.05, 0.1) is 23.6 Å². The molecule has 0 bridgehead atoms. The quantitative estimate of drug-likeness (QED) is 0.596. The molecule has 0 amide bonds. The summed E-state index contributed by atoms with van der Waals surface area (Å²) < 4.78 is 8.84. The van der Waals surface area contributed by atoms with Gasteiger partial charge in [-0.25, -0.2) is 9.36 Å². The second kappa shape index (κ2) is 6.56. The molecule has 5 rings (SSSR count). The second-order valence-electron chi connectivity index (χ2n) is 7.27. The number of hydrogen-bond acceptors (Lipinski definition) is 4. The van der Waals surface area contributed by atoms with Crippen molar-refractivity contribution in [3.05, 3.63) is 78.8 Å². The zero-order valence-corrected chi connectivity index (χ0v) is 17.2. The number of methoxy groups -OCH3 is 1. The van der Waals surface area contributed by atoms with Crippen LogP contribution >= 0.6 is 15.9 Å². The van der Waals surface area contributed by atoms with Crippen molar-refractivity contribution in [3.8, 4) is 5.75 Å². The Labute approximate surface area is 174 Å². The number of carbonyl (C=O) groups is 1. The summed E-state index contributed by atoms with van der Waals surface area (Å²) in [5.41, 5.74) is 1.41. The van der Waals surface area contributed by atoms with E-state index in [1.165, 1.54) is 9.36 Å². The predicted molar refractivity (Wildman–Crippen MR) is 113 cm³/mol. The minimum Gasteiger partial charge on any atom is -0.497 e. The zero-order valence-electron chi connectivity index (χ0n) is 15.6. The van der Waals surface area contributed by atoms with Crippen molar-refractivity contribution >= 4 is 38.2 Å². The van der Waals surface area contributed by atoms with Gasteiger partial charge in [0.2, 0.25) is 0 Å². The number of allylic oxidation sites excluding steroid dienone is 2. The number of ketones is 1. The van der Waals surface area contributed by atoms with Crippen LogP contribution in [0.2, 0.25) is 0 Å². The molecule has 2 heterocycles. The lowest BCUT2D eigenvalue weighted by Crippen LogP contribution is -2.37. The van der Waals surface area contributed by atoms with E-state index in [9.17, 15) is 14.4 Å². The third-order valence-corrected chi connectivity index (χ3v) is 6.19. The second-order valence-corrected chi connectivity index (χ2v) is 8.19. The van der Waals surface area contributed by atoms with Crippen molar-refractivity contribution in [2.75, 3.05) is 7.11 Å². The van der Waals surface area contributed by atoms with Gasteiger partial charge in [0.1, 0.15) is 11.8 Å². The first-order valence-electron chi connectivity index (χ1n) is 9.39. The number of nitrogens with zero attached hydrogens (tertiary/aromatic N) is 2. The lowest BCUT2D eigenvalue weighted by molar-refractivity contribution is -0.116. The van der Waals surface area contributed by atoms with E-state index >= 15 is 0 Å². The van der Waals surface area contributed by atoms with E-state index in [-0.39, 0.29) is 16.9 Å². The van der Waals surface area contributed by atoms with Gasteiger partial charge in [-0.1, -0.05) is 28.1 Å². The molecule has 2 aromatic carbocycles. The summed E-state index contributed by atoms with van der Waals surface area (Å²) in [7, 11) is 1.58. The molecule has 146 valence electrons. The predicted octanol–water partition coefficient (Wildman–Crippen LogP) is 3.50. The first-order chi connectivity index (χ1) is 14.0. The average Bonchev–Trinajstić information content (AvgIpc) is 3.09. The summed E-state index contributed by atoms with van der Waals surface area (Å²) in [5, 5.41) is 0.695. The molecular weight excluding hydrogens is 436 g/mol. The molecule has 29 heavy (non-hydrogen) atoms. The van der Waals surface area contributed by atoms with Crippen LogP contribution < -0.4 is 15.9 Å². The smallest absolute Gasteiger partial charge is 0.277 e. The number of halogens is 1. The fraction of sp³-hybridized carbons (Fsp3) is 0.227. The van der Waals surface area contributed by atoms with Gasteiger partial charge in [0.25, 0.3) is 11.1 Å². The van der Waals surface area contributed by atoms with E-state index in [1.54, 1.807) is 37.4 Å². The van der Waals surface area contributed by atoms with Gasteiger partial charge in [-0.15, -0.1) is 0 Å². The summed E-state index contributed by atoms with van der Waals surface area (Å²) in [4.78, 5) is 39.7. The van der Waals surface area contributed by atoms with Gasteiger partial charge < -0.3 is 4.74 Å². The molecule has 1 aromatic heterocycles. The Hall–Kier alpha value is -2.93. The lowest BCUT2D eigenvalue weighted by Gasteiger charge is -2.19. The SMILES string of the molecule is COc1ccc(C2C3=C(CCCC3=O)n3c(=O)c4cc(Br)ccc4c(=O)n32)cc1. The number of ether oxygens (including phenoxy) is 1. The topological polar surface area (TPSA) is 70.3 Å². The largest absolute Gasteiger partial charge is 0.497 e. The average molecular weight is 453 g/mol. The lowest BCUT2D eigenvalue weighted by atomic mass is 9.88. The Kier molecular flexibility index (Phi) is 4.10. The van der Waals surface area contributed by atoms with E-state index < -0.39 is 6.04 Å². The van der Waals surface area contributed by atoms with E-state index in [4.69, 9.17) is 4.74 Å². The Bertz CT molecular complexity index is 1330. The van der Waals surface area contributed by atoms with E-state index in [2.05, 4.69) is 15.9 Å². The number of carbonyl (C=O) groups excluding carboxylic acids is 1. The summed E-state index contributed by atoms with van der Waals surface area (Å²) >= 11 is 3.38. The number of rotatable bonds is 2.